The molecule has 0 radical (unpaired) electrons. The number of hydrogen-bond donors (Lipinski definition) is 3. The van der Waals surface area contributed by atoms with Crippen LogP contribution in [0.2, 0.25) is 0 Å². The van der Waals surface area contributed by atoms with Crippen molar-refractivity contribution >= 4 is 28.8 Å². The van der Waals surface area contributed by atoms with Gasteiger partial charge < -0.3 is 30.2 Å². The molecule has 1 aliphatic heterocycles. The number of ether oxygens (including phenoxy) is 1. The number of nitrogens with zero attached hydrogens (tertiary/aromatic N) is 3. The van der Waals surface area contributed by atoms with Crippen LogP contribution in [0, 0.1) is 15.5 Å². The van der Waals surface area contributed by atoms with E-state index in [-0.39, 0.29) is 17.0 Å². The molecule has 3 N–H and O–H groups in total. The Morgan fingerprint density at radius 2 is 1.97 bits per heavy atom. The Bertz CT molecular complexity index is 1020. The lowest BCUT2D eigenvalue weighted by atomic mass is 10.0. The molecule has 0 spiro atoms. The van der Waals surface area contributed by atoms with Gasteiger partial charge in [0.2, 0.25) is 5.56 Å². The molecule has 1 aliphatic rings. The van der Waals surface area contributed by atoms with Gasteiger partial charge in [-0.3, -0.25) is 14.9 Å². The molecule has 2 heterocycles. The Kier molecular flexibility index (Phi) is 6.35. The van der Waals surface area contributed by atoms with Crippen molar-refractivity contribution in [1.82, 2.24) is 10.3 Å². The molecule has 1 saturated heterocycles. The summed E-state index contributed by atoms with van der Waals surface area (Å²) in [6, 6.07) is 6.54. The Morgan fingerprint density at radius 1 is 1.27 bits per heavy atom. The highest BCUT2D eigenvalue weighted by Gasteiger charge is 2.26. The number of nitro groups is 1. The normalized spacial score (nSPS) is 14.4. The lowest BCUT2D eigenvalue weighted by molar-refractivity contribution is -0.385. The van der Waals surface area contributed by atoms with E-state index in [1.165, 1.54) is 13.2 Å². The van der Waals surface area contributed by atoms with Crippen LogP contribution in [-0.2, 0) is 0 Å². The van der Waals surface area contributed by atoms with Gasteiger partial charge in [0.1, 0.15) is 0 Å². The number of anilines is 2. The molecule has 0 bridgehead atoms. The van der Waals surface area contributed by atoms with Crippen molar-refractivity contribution in [2.24, 2.45) is 0 Å². The molecule has 1 aromatic heterocycles. The average Bonchev–Trinajstić information content (AvgIpc) is 2.76. The molecule has 30 heavy (non-hydrogen) atoms. The van der Waals surface area contributed by atoms with Crippen LogP contribution in [0.25, 0.3) is 5.57 Å². The van der Waals surface area contributed by atoms with Gasteiger partial charge in [-0.25, -0.2) is 0 Å². The molecule has 3 rings (SSSR count). The maximum Gasteiger partial charge on any atom is 0.311 e. The minimum Gasteiger partial charge on any atom is -0.490 e. The highest BCUT2D eigenvalue weighted by molar-refractivity contribution is 6.11. The van der Waals surface area contributed by atoms with Crippen molar-refractivity contribution in [3.8, 4) is 5.75 Å². The number of nitrogens with one attached hydrogen (secondary N) is 3. The number of hydrogen-bond acceptors (Lipinski definition) is 8. The van der Waals surface area contributed by atoms with Gasteiger partial charge in [-0.1, -0.05) is 0 Å². The number of pyridine rings is 1. The number of methoxy groups -OCH3 is 1. The molecule has 1 aromatic carbocycles. The van der Waals surface area contributed by atoms with Gasteiger partial charge in [-0.15, -0.1) is 0 Å². The first kappa shape index (κ1) is 20.9. The summed E-state index contributed by atoms with van der Waals surface area (Å²) < 4.78 is 5.26. The van der Waals surface area contributed by atoms with E-state index < -0.39 is 4.92 Å². The van der Waals surface area contributed by atoms with Gasteiger partial charge in [-0.05, 0) is 6.07 Å². The summed E-state index contributed by atoms with van der Waals surface area (Å²) in [6.45, 7) is 2.65. The van der Waals surface area contributed by atoms with Crippen LogP contribution in [0.3, 0.4) is 0 Å². The first-order chi connectivity index (χ1) is 14.5. The molecule has 0 aliphatic carbocycles. The van der Waals surface area contributed by atoms with E-state index in [0.717, 1.165) is 17.6 Å². The van der Waals surface area contributed by atoms with E-state index in [0.29, 0.717) is 37.3 Å². The summed E-state index contributed by atoms with van der Waals surface area (Å²) in [6.07, 6.45) is 4.43. The Hall–Kier alpha value is -3.82. The highest BCUT2D eigenvalue weighted by atomic mass is 16.6. The van der Waals surface area contributed by atoms with Crippen LogP contribution in [0.1, 0.15) is 5.56 Å². The number of aromatic amines is 1. The number of aromatic nitrogens is 1. The summed E-state index contributed by atoms with van der Waals surface area (Å²) in [4.78, 5) is 29.5. The zero-order valence-electron chi connectivity index (χ0n) is 16.8. The van der Waals surface area contributed by atoms with Crippen molar-refractivity contribution in [1.29, 1.82) is 5.41 Å². The fourth-order valence-corrected chi connectivity index (χ4v) is 3.54. The quantitative estimate of drug-likeness (QED) is 0.360. The molecule has 1 fully saturated rings. The maximum absolute atomic E-state index is 11.6. The van der Waals surface area contributed by atoms with Crippen LogP contribution >= 0.6 is 0 Å². The Balaban J connectivity index is 1.96. The van der Waals surface area contributed by atoms with E-state index in [2.05, 4.69) is 20.1 Å². The van der Waals surface area contributed by atoms with Gasteiger partial charge in [0, 0.05) is 92.5 Å². The second kappa shape index (κ2) is 9.12. The maximum atomic E-state index is 11.6. The van der Waals surface area contributed by atoms with E-state index in [1.807, 2.05) is 6.07 Å². The monoisotopic (exact) mass is 412 g/mol. The van der Waals surface area contributed by atoms with Crippen molar-refractivity contribution in [3.63, 3.8) is 0 Å². The smallest absolute Gasteiger partial charge is 0.311 e. The fraction of sp³-hybridized carbons (Fsp3) is 0.300. The minimum absolute atomic E-state index is 0.148. The average molecular weight is 412 g/mol. The molecule has 158 valence electrons. The van der Waals surface area contributed by atoms with Gasteiger partial charge in [0.05, 0.1) is 12.0 Å². The first-order valence-electron chi connectivity index (χ1n) is 9.41. The SMILES string of the molecule is CN/C=C(\C=N)c1cc([N+](=O)[O-])c(OC)cc1N1CCN(c2cc[nH]c(=O)c2)CC1. The predicted molar refractivity (Wildman–Crippen MR) is 117 cm³/mol. The van der Waals surface area contributed by atoms with Crippen molar-refractivity contribution in [2.45, 2.75) is 0 Å². The highest BCUT2D eigenvalue weighted by Crippen LogP contribution is 2.38. The van der Waals surface area contributed by atoms with Gasteiger partial charge in [0.25, 0.3) is 0 Å². The van der Waals surface area contributed by atoms with E-state index in [1.54, 1.807) is 31.6 Å². The van der Waals surface area contributed by atoms with Crippen molar-refractivity contribution in [3.05, 3.63) is 62.7 Å². The minimum atomic E-state index is -0.488. The summed E-state index contributed by atoms with van der Waals surface area (Å²) in [7, 11) is 3.11. The van der Waals surface area contributed by atoms with Crippen molar-refractivity contribution < 1.29 is 9.66 Å². The summed E-state index contributed by atoms with van der Waals surface area (Å²) in [5, 5.41) is 22.1. The fourth-order valence-electron chi connectivity index (χ4n) is 3.54. The molecule has 10 nitrogen and oxygen atoms in total. The topological polar surface area (TPSA) is 128 Å². The largest absolute Gasteiger partial charge is 0.490 e. The Labute approximate surface area is 173 Å². The van der Waals surface area contributed by atoms with Gasteiger partial charge in [0.15, 0.2) is 5.75 Å². The third-order valence-electron chi connectivity index (χ3n) is 5.00. The molecule has 0 amide bonds. The number of piperazine rings is 1. The lowest BCUT2D eigenvalue weighted by Gasteiger charge is -2.38. The van der Waals surface area contributed by atoms with E-state index in [4.69, 9.17) is 10.1 Å². The van der Waals surface area contributed by atoms with E-state index >= 15 is 0 Å². The molecule has 0 atom stereocenters. The second-order valence-corrected chi connectivity index (χ2v) is 6.72. The standard InChI is InChI=1S/C20H24N6O4/c1-22-13-14(12-21)16-10-18(26(28)29)19(30-2)11-17(16)25-7-5-24(6-8-25)15-3-4-23-20(27)9-15/h3-4,9-13,21-22H,5-8H2,1-2H3,(H,23,27)/b14-13+,21-12?. The third kappa shape index (κ3) is 4.27. The number of H-pyrrole nitrogens is 1. The Morgan fingerprint density at radius 3 is 2.53 bits per heavy atom. The zero-order chi connectivity index (χ0) is 21.7. The summed E-state index contributed by atoms with van der Waals surface area (Å²) in [5.74, 6) is 0.171. The van der Waals surface area contributed by atoms with E-state index in [9.17, 15) is 14.9 Å². The molecule has 10 heteroatoms. The van der Waals surface area contributed by atoms with Crippen LogP contribution in [0.5, 0.6) is 5.75 Å². The van der Waals surface area contributed by atoms with Crippen LogP contribution in [-0.4, -0.2) is 56.5 Å². The summed E-state index contributed by atoms with van der Waals surface area (Å²) in [5.41, 5.74) is 2.42. The van der Waals surface area contributed by atoms with Crippen LogP contribution in [0.4, 0.5) is 17.1 Å². The van der Waals surface area contributed by atoms with Crippen molar-refractivity contribution in [2.75, 3.05) is 50.1 Å². The number of nitro benzene ring substituents is 1. The molecule has 2 aromatic rings. The third-order valence-corrected chi connectivity index (χ3v) is 5.00. The number of rotatable bonds is 7. The lowest BCUT2D eigenvalue weighted by Crippen LogP contribution is -2.47. The second-order valence-electron chi connectivity index (χ2n) is 6.72. The predicted octanol–water partition coefficient (Wildman–Crippen LogP) is 1.83. The zero-order valence-corrected chi connectivity index (χ0v) is 16.8. The molecule has 0 unspecified atom stereocenters. The molecular weight excluding hydrogens is 388 g/mol. The van der Waals surface area contributed by atoms with Gasteiger partial charge in [-0.2, -0.15) is 0 Å². The number of benzene rings is 1. The van der Waals surface area contributed by atoms with Gasteiger partial charge >= 0.3 is 5.69 Å². The summed E-state index contributed by atoms with van der Waals surface area (Å²) >= 11 is 0. The number of allylic oxidation sites excluding steroid dienone is 1. The molecule has 0 saturated carbocycles. The molecular formula is C20H24N6O4. The van der Waals surface area contributed by atoms with Crippen LogP contribution < -0.4 is 25.4 Å². The first-order valence-corrected chi connectivity index (χ1v) is 9.41. The van der Waals surface area contributed by atoms with Crippen LogP contribution in [0.15, 0.2) is 41.5 Å².